The van der Waals surface area contributed by atoms with Crippen molar-refractivity contribution in [3.8, 4) is 11.5 Å². The number of anilines is 1. The second-order valence-corrected chi connectivity index (χ2v) is 7.60. The fourth-order valence-corrected chi connectivity index (χ4v) is 4.05. The molecular weight excluding hydrogens is 406 g/mol. The average Bonchev–Trinajstić information content (AvgIpc) is 3.08. The van der Waals surface area contributed by atoms with E-state index in [4.69, 9.17) is 9.47 Å². The molecule has 2 amide bonds. The molecule has 1 aliphatic heterocycles. The van der Waals surface area contributed by atoms with Crippen LogP contribution >= 0.6 is 0 Å². The summed E-state index contributed by atoms with van der Waals surface area (Å²) in [5, 5.41) is 2.94. The molecule has 4 rings (SSSR count). The van der Waals surface area contributed by atoms with Crippen molar-refractivity contribution in [2.24, 2.45) is 0 Å². The van der Waals surface area contributed by atoms with Crippen molar-refractivity contribution in [1.29, 1.82) is 0 Å². The van der Waals surface area contributed by atoms with Crippen LogP contribution in [0.3, 0.4) is 0 Å². The number of aromatic nitrogens is 1. The van der Waals surface area contributed by atoms with E-state index in [0.717, 1.165) is 16.8 Å². The molecule has 7 heteroatoms. The SMILES string of the molecule is COc1cccc(CNC(=O)CC2c3ncccc3C(=O)N2c2cccc(C)c2)c1OC. The van der Waals surface area contributed by atoms with Gasteiger partial charge in [-0.25, -0.2) is 0 Å². The van der Waals surface area contributed by atoms with Gasteiger partial charge in [0.2, 0.25) is 5.91 Å². The molecule has 0 aliphatic carbocycles. The summed E-state index contributed by atoms with van der Waals surface area (Å²) in [7, 11) is 3.14. The number of hydrogen-bond donors (Lipinski definition) is 1. The molecule has 0 radical (unpaired) electrons. The minimum absolute atomic E-state index is 0.0932. The molecule has 164 valence electrons. The van der Waals surface area contributed by atoms with Gasteiger partial charge in [0, 0.05) is 24.0 Å². The van der Waals surface area contributed by atoms with Gasteiger partial charge < -0.3 is 14.8 Å². The smallest absolute Gasteiger partial charge is 0.260 e. The molecule has 0 spiro atoms. The molecule has 3 aromatic rings. The first-order valence-electron chi connectivity index (χ1n) is 10.3. The van der Waals surface area contributed by atoms with Crippen molar-refractivity contribution in [2.75, 3.05) is 19.1 Å². The fraction of sp³-hybridized carbons (Fsp3) is 0.240. The van der Waals surface area contributed by atoms with Gasteiger partial charge >= 0.3 is 0 Å². The standard InChI is InChI=1S/C25H25N3O4/c1-16-7-4-9-18(13-16)28-20(23-19(25(28)30)10-6-12-26-23)14-22(29)27-15-17-8-5-11-21(31-2)24(17)32-3/h4-13,20H,14-15H2,1-3H3,(H,27,29). The molecule has 0 saturated carbocycles. The highest BCUT2D eigenvalue weighted by Crippen LogP contribution is 2.38. The number of nitrogens with zero attached hydrogens (tertiary/aromatic N) is 2. The zero-order valence-corrected chi connectivity index (χ0v) is 18.3. The van der Waals surface area contributed by atoms with Gasteiger partial charge in [-0.05, 0) is 42.8 Å². The maximum Gasteiger partial charge on any atom is 0.260 e. The third-order valence-electron chi connectivity index (χ3n) is 5.53. The number of benzene rings is 2. The number of para-hydroxylation sites is 1. The number of amides is 2. The van der Waals surface area contributed by atoms with E-state index in [1.54, 1.807) is 43.5 Å². The number of pyridine rings is 1. The van der Waals surface area contributed by atoms with Gasteiger partial charge in [-0.3, -0.25) is 19.5 Å². The Morgan fingerprint density at radius 1 is 1.09 bits per heavy atom. The zero-order chi connectivity index (χ0) is 22.7. The first-order valence-corrected chi connectivity index (χ1v) is 10.3. The minimum atomic E-state index is -0.479. The quantitative estimate of drug-likeness (QED) is 0.615. The van der Waals surface area contributed by atoms with Crippen molar-refractivity contribution >= 4 is 17.5 Å². The van der Waals surface area contributed by atoms with Crippen LogP contribution < -0.4 is 19.7 Å². The maximum absolute atomic E-state index is 13.2. The fourth-order valence-electron chi connectivity index (χ4n) is 4.05. The lowest BCUT2D eigenvalue weighted by Gasteiger charge is -2.25. The van der Waals surface area contributed by atoms with Crippen molar-refractivity contribution in [2.45, 2.75) is 25.9 Å². The molecular formula is C25H25N3O4. The van der Waals surface area contributed by atoms with Gasteiger partial charge in [0.1, 0.15) is 0 Å². The molecule has 0 fully saturated rings. The second-order valence-electron chi connectivity index (χ2n) is 7.60. The minimum Gasteiger partial charge on any atom is -0.493 e. The first-order chi connectivity index (χ1) is 15.5. The number of aryl methyl sites for hydroxylation is 1. The monoisotopic (exact) mass is 431 g/mol. The Kier molecular flexibility index (Phi) is 6.07. The van der Waals surface area contributed by atoms with Crippen molar-refractivity contribution in [1.82, 2.24) is 10.3 Å². The Morgan fingerprint density at radius 2 is 1.91 bits per heavy atom. The predicted molar refractivity (Wildman–Crippen MR) is 121 cm³/mol. The summed E-state index contributed by atoms with van der Waals surface area (Å²) in [6.07, 6.45) is 1.74. The highest BCUT2D eigenvalue weighted by atomic mass is 16.5. The molecule has 1 N–H and O–H groups in total. The molecule has 1 unspecified atom stereocenters. The van der Waals surface area contributed by atoms with Crippen LogP contribution in [0.25, 0.3) is 0 Å². The lowest BCUT2D eigenvalue weighted by atomic mass is 10.1. The van der Waals surface area contributed by atoms with Gasteiger partial charge in [0.15, 0.2) is 11.5 Å². The van der Waals surface area contributed by atoms with E-state index in [9.17, 15) is 9.59 Å². The molecule has 2 heterocycles. The number of carbonyl (C=O) groups is 2. The van der Waals surface area contributed by atoms with Crippen LogP contribution in [-0.4, -0.2) is 31.0 Å². The highest BCUT2D eigenvalue weighted by molar-refractivity contribution is 6.11. The van der Waals surface area contributed by atoms with Gasteiger partial charge in [0.05, 0.1) is 37.9 Å². The van der Waals surface area contributed by atoms with E-state index in [0.29, 0.717) is 22.8 Å². The lowest BCUT2D eigenvalue weighted by molar-refractivity contribution is -0.121. The molecule has 32 heavy (non-hydrogen) atoms. The summed E-state index contributed by atoms with van der Waals surface area (Å²) in [6.45, 7) is 2.25. The summed E-state index contributed by atoms with van der Waals surface area (Å²) >= 11 is 0. The highest BCUT2D eigenvalue weighted by Gasteiger charge is 2.39. The van der Waals surface area contributed by atoms with Crippen LogP contribution in [0.15, 0.2) is 60.8 Å². The average molecular weight is 431 g/mol. The largest absolute Gasteiger partial charge is 0.493 e. The van der Waals surface area contributed by atoms with E-state index in [2.05, 4.69) is 10.3 Å². The van der Waals surface area contributed by atoms with Gasteiger partial charge in [-0.2, -0.15) is 0 Å². The van der Waals surface area contributed by atoms with Crippen LogP contribution in [-0.2, 0) is 11.3 Å². The molecule has 7 nitrogen and oxygen atoms in total. The van der Waals surface area contributed by atoms with Crippen LogP contribution in [0.5, 0.6) is 11.5 Å². The Balaban J connectivity index is 1.56. The number of hydrogen-bond acceptors (Lipinski definition) is 5. The van der Waals surface area contributed by atoms with Crippen LogP contribution in [0.1, 0.15) is 39.6 Å². The number of nitrogens with one attached hydrogen (secondary N) is 1. The summed E-state index contributed by atoms with van der Waals surface area (Å²) in [4.78, 5) is 32.2. The molecule has 1 aromatic heterocycles. The second kappa shape index (κ2) is 9.09. The third kappa shape index (κ3) is 4.01. The van der Waals surface area contributed by atoms with Crippen LogP contribution in [0.4, 0.5) is 5.69 Å². The normalized spacial score (nSPS) is 14.8. The van der Waals surface area contributed by atoms with E-state index in [1.807, 2.05) is 43.3 Å². The Bertz CT molecular complexity index is 1160. The first kappa shape index (κ1) is 21.4. The maximum atomic E-state index is 13.2. The van der Waals surface area contributed by atoms with Crippen molar-refractivity contribution in [3.63, 3.8) is 0 Å². The lowest BCUT2D eigenvalue weighted by Crippen LogP contribution is -2.33. The van der Waals surface area contributed by atoms with Crippen LogP contribution in [0, 0.1) is 6.92 Å². The summed E-state index contributed by atoms with van der Waals surface area (Å²) in [6, 6.07) is 16.2. The molecule has 2 aromatic carbocycles. The molecule has 1 atom stereocenters. The summed E-state index contributed by atoms with van der Waals surface area (Å²) < 4.78 is 10.8. The van der Waals surface area contributed by atoms with Gasteiger partial charge in [-0.1, -0.05) is 24.3 Å². The topological polar surface area (TPSA) is 80.8 Å². The number of methoxy groups -OCH3 is 2. The Labute approximate surface area is 187 Å². The number of ether oxygens (including phenoxy) is 2. The third-order valence-corrected chi connectivity index (χ3v) is 5.53. The van der Waals surface area contributed by atoms with E-state index in [-0.39, 0.29) is 24.8 Å². The number of rotatable bonds is 7. The number of fused-ring (bicyclic) bond motifs is 1. The summed E-state index contributed by atoms with van der Waals surface area (Å²) in [5.41, 5.74) is 3.74. The number of carbonyl (C=O) groups excluding carboxylic acids is 2. The van der Waals surface area contributed by atoms with Crippen LogP contribution in [0.2, 0.25) is 0 Å². The molecule has 0 bridgehead atoms. The molecule has 1 aliphatic rings. The van der Waals surface area contributed by atoms with E-state index in [1.165, 1.54) is 0 Å². The zero-order valence-electron chi connectivity index (χ0n) is 18.3. The Morgan fingerprint density at radius 3 is 2.66 bits per heavy atom. The van der Waals surface area contributed by atoms with Crippen molar-refractivity contribution < 1.29 is 19.1 Å². The predicted octanol–water partition coefficient (Wildman–Crippen LogP) is 3.82. The van der Waals surface area contributed by atoms with Gasteiger partial charge in [-0.15, -0.1) is 0 Å². The van der Waals surface area contributed by atoms with Gasteiger partial charge in [0.25, 0.3) is 5.91 Å². The van der Waals surface area contributed by atoms with E-state index >= 15 is 0 Å². The van der Waals surface area contributed by atoms with E-state index < -0.39 is 6.04 Å². The molecule has 0 saturated heterocycles. The summed E-state index contributed by atoms with van der Waals surface area (Å²) in [5.74, 6) is 0.846. The Hall–Kier alpha value is -3.87. The van der Waals surface area contributed by atoms with Crippen molar-refractivity contribution in [3.05, 3.63) is 83.2 Å².